The second-order valence-corrected chi connectivity index (χ2v) is 4.01. The molecule has 0 saturated heterocycles. The third-order valence-electron chi connectivity index (χ3n) is 2.89. The van der Waals surface area contributed by atoms with Crippen LogP contribution in [-0.2, 0) is 0 Å². The zero-order valence-electron chi connectivity index (χ0n) is 9.01. The minimum atomic E-state index is -0.377. The van der Waals surface area contributed by atoms with Gasteiger partial charge in [-0.1, -0.05) is 11.6 Å². The lowest BCUT2D eigenvalue weighted by Gasteiger charge is -2.22. The predicted octanol–water partition coefficient (Wildman–Crippen LogP) is 1.31. The molecule has 0 aromatic carbocycles. The maximum absolute atomic E-state index is 11.6. The first-order valence-electron chi connectivity index (χ1n) is 5.47. The summed E-state index contributed by atoms with van der Waals surface area (Å²) in [5, 5.41) is 12.9. The Kier molecular flexibility index (Phi) is 2.36. The zero-order valence-corrected chi connectivity index (χ0v) is 9.01. The highest BCUT2D eigenvalue weighted by molar-refractivity contribution is 6.01. The minimum absolute atomic E-state index is 0.208. The Balaban J connectivity index is 1.68. The van der Waals surface area contributed by atoms with Gasteiger partial charge in [0.15, 0.2) is 5.69 Å². The molecule has 0 atom stereocenters. The molecule has 0 aliphatic heterocycles. The first-order chi connectivity index (χ1) is 8.33. The van der Waals surface area contributed by atoms with Gasteiger partial charge in [-0.3, -0.25) is 15.2 Å². The van der Waals surface area contributed by atoms with Crippen LogP contribution in [0.2, 0.25) is 0 Å². The quantitative estimate of drug-likeness (QED) is 0.833. The number of H-pyrrole nitrogens is 1. The second-order valence-electron chi connectivity index (χ2n) is 4.01. The van der Waals surface area contributed by atoms with Crippen LogP contribution in [0.15, 0.2) is 16.9 Å². The fourth-order valence-corrected chi connectivity index (χ4v) is 1.69. The Morgan fingerprint density at radius 3 is 3.06 bits per heavy atom. The molecule has 7 nitrogen and oxygen atoms in total. The van der Waals surface area contributed by atoms with Crippen molar-refractivity contribution in [2.24, 2.45) is 0 Å². The van der Waals surface area contributed by atoms with Crippen LogP contribution in [0.25, 0.3) is 0 Å². The van der Waals surface area contributed by atoms with Crippen LogP contribution < -0.4 is 5.32 Å². The van der Waals surface area contributed by atoms with Crippen LogP contribution in [0.4, 0.5) is 5.95 Å². The summed E-state index contributed by atoms with van der Waals surface area (Å²) in [5.74, 6) is 1.20. The number of aromatic amines is 1. The lowest BCUT2D eigenvalue weighted by molar-refractivity contribution is 0.101. The molecule has 1 fully saturated rings. The normalized spacial score (nSPS) is 15.5. The first-order valence-corrected chi connectivity index (χ1v) is 5.47. The molecular weight excluding hydrogens is 222 g/mol. The van der Waals surface area contributed by atoms with Gasteiger partial charge in [0, 0.05) is 12.0 Å². The van der Waals surface area contributed by atoms with Crippen molar-refractivity contribution >= 4 is 11.9 Å². The Hall–Kier alpha value is -2.18. The summed E-state index contributed by atoms with van der Waals surface area (Å²) in [4.78, 5) is 15.8. The molecule has 2 aromatic rings. The number of aromatic nitrogens is 4. The van der Waals surface area contributed by atoms with Gasteiger partial charge in [0.25, 0.3) is 5.91 Å². The van der Waals surface area contributed by atoms with Crippen LogP contribution in [0, 0.1) is 0 Å². The zero-order chi connectivity index (χ0) is 11.7. The number of amides is 1. The molecule has 0 spiro atoms. The van der Waals surface area contributed by atoms with E-state index in [9.17, 15) is 4.79 Å². The van der Waals surface area contributed by atoms with Gasteiger partial charge in [-0.05, 0) is 12.8 Å². The SMILES string of the molecule is O=C(Nc1n[nH]c(C2CCC2)n1)c1ccon1. The smallest absolute Gasteiger partial charge is 0.280 e. The van der Waals surface area contributed by atoms with Gasteiger partial charge in [-0.2, -0.15) is 4.98 Å². The number of rotatable bonds is 3. The van der Waals surface area contributed by atoms with E-state index in [2.05, 4.69) is 30.2 Å². The van der Waals surface area contributed by atoms with Crippen LogP contribution in [0.3, 0.4) is 0 Å². The number of hydrogen-bond donors (Lipinski definition) is 2. The summed E-state index contributed by atoms with van der Waals surface area (Å²) >= 11 is 0. The van der Waals surface area contributed by atoms with Gasteiger partial charge < -0.3 is 4.52 Å². The van der Waals surface area contributed by atoms with Crippen molar-refractivity contribution in [1.29, 1.82) is 0 Å². The molecular formula is C10H11N5O2. The van der Waals surface area contributed by atoms with E-state index in [-0.39, 0.29) is 17.5 Å². The number of carbonyl (C=O) groups is 1. The fraction of sp³-hybridized carbons (Fsp3) is 0.400. The van der Waals surface area contributed by atoms with Crippen molar-refractivity contribution in [1.82, 2.24) is 20.3 Å². The summed E-state index contributed by atoms with van der Waals surface area (Å²) in [5.41, 5.74) is 0.208. The molecule has 2 N–H and O–H groups in total. The van der Waals surface area contributed by atoms with E-state index < -0.39 is 0 Å². The Morgan fingerprint density at radius 2 is 2.41 bits per heavy atom. The van der Waals surface area contributed by atoms with Crippen molar-refractivity contribution in [3.05, 3.63) is 23.8 Å². The molecule has 1 saturated carbocycles. The summed E-state index contributed by atoms with van der Waals surface area (Å²) < 4.78 is 4.58. The van der Waals surface area contributed by atoms with Gasteiger partial charge in [0.05, 0.1) is 0 Å². The van der Waals surface area contributed by atoms with E-state index in [1.165, 1.54) is 18.8 Å². The Labute approximate surface area is 96.6 Å². The molecule has 1 aliphatic carbocycles. The monoisotopic (exact) mass is 233 g/mol. The lowest BCUT2D eigenvalue weighted by Crippen LogP contribution is -2.14. The largest absolute Gasteiger partial charge is 0.364 e. The maximum atomic E-state index is 11.6. The third-order valence-corrected chi connectivity index (χ3v) is 2.89. The summed E-state index contributed by atoms with van der Waals surface area (Å²) in [6.07, 6.45) is 4.83. The molecule has 2 heterocycles. The number of hydrogen-bond acceptors (Lipinski definition) is 5. The number of nitrogens with one attached hydrogen (secondary N) is 2. The van der Waals surface area contributed by atoms with Crippen molar-refractivity contribution in [2.75, 3.05) is 5.32 Å². The first kappa shape index (κ1) is 10.0. The van der Waals surface area contributed by atoms with E-state index in [1.807, 2.05) is 0 Å². The second kappa shape index (κ2) is 4.00. The van der Waals surface area contributed by atoms with Crippen LogP contribution >= 0.6 is 0 Å². The maximum Gasteiger partial charge on any atom is 0.280 e. The molecule has 1 aliphatic rings. The van der Waals surface area contributed by atoms with Crippen LogP contribution in [0.1, 0.15) is 41.5 Å². The topological polar surface area (TPSA) is 96.7 Å². The highest BCUT2D eigenvalue weighted by Crippen LogP contribution is 2.34. The Morgan fingerprint density at radius 1 is 1.53 bits per heavy atom. The Bertz CT molecular complexity index is 515. The molecule has 0 bridgehead atoms. The van der Waals surface area contributed by atoms with Gasteiger partial charge in [-0.25, -0.2) is 0 Å². The van der Waals surface area contributed by atoms with Gasteiger partial charge in [0.2, 0.25) is 5.95 Å². The molecule has 88 valence electrons. The van der Waals surface area contributed by atoms with E-state index in [0.29, 0.717) is 5.92 Å². The summed E-state index contributed by atoms with van der Waals surface area (Å²) in [6.45, 7) is 0. The molecule has 0 radical (unpaired) electrons. The standard InChI is InChI=1S/C10H11N5O2/c16-9(7-4-5-17-15-7)12-10-11-8(13-14-10)6-2-1-3-6/h4-6H,1-3H2,(H2,11,12,13,14,16). The number of carbonyl (C=O) groups excluding carboxylic acids is 1. The molecule has 2 aromatic heterocycles. The average Bonchev–Trinajstić information content (AvgIpc) is 2.85. The molecule has 7 heteroatoms. The van der Waals surface area contributed by atoms with E-state index in [1.54, 1.807) is 0 Å². The molecule has 17 heavy (non-hydrogen) atoms. The third kappa shape index (κ3) is 1.91. The summed E-state index contributed by atoms with van der Waals surface area (Å²) in [6, 6.07) is 1.48. The predicted molar refractivity (Wildman–Crippen MR) is 57.4 cm³/mol. The van der Waals surface area contributed by atoms with Crippen LogP contribution in [-0.4, -0.2) is 26.2 Å². The van der Waals surface area contributed by atoms with Crippen molar-refractivity contribution < 1.29 is 9.32 Å². The molecule has 3 rings (SSSR count). The van der Waals surface area contributed by atoms with Gasteiger partial charge in [0.1, 0.15) is 12.1 Å². The summed E-state index contributed by atoms with van der Waals surface area (Å²) in [7, 11) is 0. The van der Waals surface area contributed by atoms with Crippen LogP contribution in [0.5, 0.6) is 0 Å². The van der Waals surface area contributed by atoms with E-state index >= 15 is 0 Å². The van der Waals surface area contributed by atoms with Crippen molar-refractivity contribution in [3.63, 3.8) is 0 Å². The highest BCUT2D eigenvalue weighted by Gasteiger charge is 2.23. The van der Waals surface area contributed by atoms with E-state index in [4.69, 9.17) is 0 Å². The van der Waals surface area contributed by atoms with E-state index in [0.717, 1.165) is 18.7 Å². The van der Waals surface area contributed by atoms with Gasteiger partial charge >= 0.3 is 0 Å². The number of nitrogens with zero attached hydrogens (tertiary/aromatic N) is 3. The number of anilines is 1. The molecule has 0 unspecified atom stereocenters. The van der Waals surface area contributed by atoms with Crippen molar-refractivity contribution in [2.45, 2.75) is 25.2 Å². The highest BCUT2D eigenvalue weighted by atomic mass is 16.5. The average molecular weight is 233 g/mol. The van der Waals surface area contributed by atoms with Crippen molar-refractivity contribution in [3.8, 4) is 0 Å². The molecule has 1 amide bonds. The fourth-order valence-electron chi connectivity index (χ4n) is 1.69. The minimum Gasteiger partial charge on any atom is -0.364 e. The van der Waals surface area contributed by atoms with Gasteiger partial charge in [-0.15, -0.1) is 5.10 Å². The lowest BCUT2D eigenvalue weighted by atomic mass is 9.85.